The van der Waals surface area contributed by atoms with Gasteiger partial charge in [0.05, 0.1) is 18.0 Å². The summed E-state index contributed by atoms with van der Waals surface area (Å²) in [5, 5.41) is 0. The molecule has 3 heterocycles. The van der Waals surface area contributed by atoms with Crippen LogP contribution in [0.2, 0.25) is 0 Å². The number of aromatic nitrogens is 4. The van der Waals surface area contributed by atoms with Crippen LogP contribution < -0.4 is 9.64 Å². The van der Waals surface area contributed by atoms with Crippen molar-refractivity contribution in [1.82, 2.24) is 19.9 Å². The fourth-order valence-electron chi connectivity index (χ4n) is 2.91. The van der Waals surface area contributed by atoms with Crippen LogP contribution in [0.5, 0.6) is 5.88 Å². The molecule has 24 heavy (non-hydrogen) atoms. The van der Waals surface area contributed by atoms with Crippen molar-refractivity contribution in [3.63, 3.8) is 0 Å². The lowest BCUT2D eigenvalue weighted by molar-refractivity contribution is 0.213. The van der Waals surface area contributed by atoms with Crippen molar-refractivity contribution in [3.05, 3.63) is 35.9 Å². The van der Waals surface area contributed by atoms with E-state index in [-0.39, 0.29) is 5.82 Å². The van der Waals surface area contributed by atoms with E-state index >= 15 is 0 Å². The zero-order valence-corrected chi connectivity index (χ0v) is 14.1. The molecular weight excluding hydrogens is 309 g/mol. The van der Waals surface area contributed by atoms with Crippen LogP contribution in [0, 0.1) is 18.7 Å². The number of nitrogens with zero attached hydrogens (tertiary/aromatic N) is 5. The molecule has 1 aliphatic heterocycles. The average molecular weight is 331 g/mol. The second-order valence-electron chi connectivity index (χ2n) is 6.00. The first-order valence-electron chi connectivity index (χ1n) is 8.33. The summed E-state index contributed by atoms with van der Waals surface area (Å²) in [6, 6.07) is 0. The third-order valence-corrected chi connectivity index (χ3v) is 4.38. The van der Waals surface area contributed by atoms with Crippen LogP contribution in [0.3, 0.4) is 0 Å². The number of piperidine rings is 1. The molecule has 0 unspecified atom stereocenters. The van der Waals surface area contributed by atoms with E-state index in [9.17, 15) is 4.39 Å². The van der Waals surface area contributed by atoms with Crippen molar-refractivity contribution in [2.24, 2.45) is 5.92 Å². The van der Waals surface area contributed by atoms with Gasteiger partial charge in [-0.25, -0.2) is 19.3 Å². The van der Waals surface area contributed by atoms with E-state index < -0.39 is 0 Å². The summed E-state index contributed by atoms with van der Waals surface area (Å²) in [7, 11) is 0. The highest BCUT2D eigenvalue weighted by Gasteiger charge is 2.24. The smallest absolute Gasteiger partial charge is 0.235 e. The third-order valence-electron chi connectivity index (χ3n) is 4.38. The molecule has 0 aliphatic carbocycles. The molecule has 0 bridgehead atoms. The number of ether oxygens (including phenoxy) is 1. The highest BCUT2D eigenvalue weighted by molar-refractivity contribution is 5.41. The SMILES string of the molecule is CCc1ncnc(N2CCC(COc3nccnc3C)CC2)c1F. The molecule has 0 radical (unpaired) electrons. The fourth-order valence-corrected chi connectivity index (χ4v) is 2.91. The quantitative estimate of drug-likeness (QED) is 0.839. The Balaban J connectivity index is 1.55. The lowest BCUT2D eigenvalue weighted by Crippen LogP contribution is -2.36. The molecule has 2 aromatic heterocycles. The molecule has 3 rings (SSSR count). The Kier molecular flexibility index (Phi) is 5.17. The Morgan fingerprint density at radius 1 is 1.17 bits per heavy atom. The normalized spacial score (nSPS) is 15.5. The van der Waals surface area contributed by atoms with Gasteiger partial charge in [0.15, 0.2) is 11.6 Å². The number of aryl methyl sites for hydroxylation is 2. The molecule has 0 aromatic carbocycles. The lowest BCUT2D eigenvalue weighted by Gasteiger charge is -2.32. The standard InChI is InChI=1S/C17H22FN5O/c1-3-14-15(18)16(22-11-21-14)23-8-4-13(5-9-23)10-24-17-12(2)19-6-7-20-17/h6-7,11,13H,3-5,8-10H2,1-2H3. The van der Waals surface area contributed by atoms with Gasteiger partial charge in [0, 0.05) is 25.5 Å². The molecule has 1 saturated heterocycles. The summed E-state index contributed by atoms with van der Waals surface area (Å²) in [6.45, 7) is 5.93. The van der Waals surface area contributed by atoms with Crippen LogP contribution >= 0.6 is 0 Å². The first-order chi connectivity index (χ1) is 11.7. The number of hydrogen-bond donors (Lipinski definition) is 0. The highest BCUT2D eigenvalue weighted by Crippen LogP contribution is 2.25. The van der Waals surface area contributed by atoms with Crippen molar-refractivity contribution in [2.75, 3.05) is 24.6 Å². The molecule has 128 valence electrons. The molecule has 0 N–H and O–H groups in total. The van der Waals surface area contributed by atoms with Gasteiger partial charge in [-0.05, 0) is 32.1 Å². The summed E-state index contributed by atoms with van der Waals surface area (Å²) < 4.78 is 20.1. The first kappa shape index (κ1) is 16.5. The van der Waals surface area contributed by atoms with Crippen LogP contribution in [0.4, 0.5) is 10.2 Å². The minimum Gasteiger partial charge on any atom is -0.476 e. The monoisotopic (exact) mass is 331 g/mol. The molecule has 1 fully saturated rings. The first-order valence-corrected chi connectivity index (χ1v) is 8.33. The Morgan fingerprint density at radius 3 is 2.62 bits per heavy atom. The molecule has 7 heteroatoms. The molecule has 2 aromatic rings. The number of anilines is 1. The Hall–Kier alpha value is -2.31. The highest BCUT2D eigenvalue weighted by atomic mass is 19.1. The molecule has 0 atom stereocenters. The van der Waals surface area contributed by atoms with Crippen molar-refractivity contribution >= 4 is 5.82 Å². The Morgan fingerprint density at radius 2 is 1.92 bits per heavy atom. The van der Waals surface area contributed by atoms with Gasteiger partial charge in [-0.1, -0.05) is 6.92 Å². The van der Waals surface area contributed by atoms with Crippen LogP contribution in [0.25, 0.3) is 0 Å². The summed E-state index contributed by atoms with van der Waals surface area (Å²) >= 11 is 0. The Labute approximate surface area is 141 Å². The van der Waals surface area contributed by atoms with Crippen molar-refractivity contribution in [3.8, 4) is 5.88 Å². The minimum atomic E-state index is -0.287. The van der Waals surface area contributed by atoms with Gasteiger partial charge < -0.3 is 9.64 Å². The summed E-state index contributed by atoms with van der Waals surface area (Å²) in [4.78, 5) is 18.5. The summed E-state index contributed by atoms with van der Waals surface area (Å²) in [5.74, 6) is 1.16. The van der Waals surface area contributed by atoms with Crippen molar-refractivity contribution in [1.29, 1.82) is 0 Å². The predicted octanol–water partition coefficient (Wildman–Crippen LogP) is 2.57. The van der Waals surface area contributed by atoms with Crippen LogP contribution in [-0.4, -0.2) is 39.6 Å². The predicted molar refractivity (Wildman–Crippen MR) is 88.6 cm³/mol. The minimum absolute atomic E-state index is 0.287. The zero-order valence-electron chi connectivity index (χ0n) is 14.1. The number of hydrogen-bond acceptors (Lipinski definition) is 6. The number of halogens is 1. The van der Waals surface area contributed by atoms with Gasteiger partial charge in [0.25, 0.3) is 0 Å². The van der Waals surface area contributed by atoms with Crippen molar-refractivity contribution < 1.29 is 9.13 Å². The summed E-state index contributed by atoms with van der Waals surface area (Å²) in [5.41, 5.74) is 1.27. The van der Waals surface area contributed by atoms with Gasteiger partial charge in [-0.15, -0.1) is 0 Å². The topological polar surface area (TPSA) is 64.0 Å². The van der Waals surface area contributed by atoms with Crippen molar-refractivity contribution in [2.45, 2.75) is 33.1 Å². The van der Waals surface area contributed by atoms with Crippen LogP contribution in [0.15, 0.2) is 18.7 Å². The Bertz CT molecular complexity index is 688. The van der Waals surface area contributed by atoms with E-state index in [1.54, 1.807) is 12.4 Å². The second kappa shape index (κ2) is 7.51. The van der Waals surface area contributed by atoms with E-state index in [4.69, 9.17) is 4.74 Å². The fraction of sp³-hybridized carbons (Fsp3) is 0.529. The van der Waals surface area contributed by atoms with Gasteiger partial charge in [0.1, 0.15) is 6.33 Å². The maximum atomic E-state index is 14.4. The number of rotatable bonds is 5. The third kappa shape index (κ3) is 3.60. The maximum absolute atomic E-state index is 14.4. The molecule has 6 nitrogen and oxygen atoms in total. The summed E-state index contributed by atoms with van der Waals surface area (Å²) in [6.07, 6.45) is 7.18. The van der Waals surface area contributed by atoms with Gasteiger partial charge >= 0.3 is 0 Å². The average Bonchev–Trinajstić information content (AvgIpc) is 2.62. The van der Waals surface area contributed by atoms with Gasteiger partial charge in [-0.2, -0.15) is 0 Å². The molecule has 1 aliphatic rings. The van der Waals surface area contributed by atoms with E-state index in [1.165, 1.54) is 6.33 Å². The largest absolute Gasteiger partial charge is 0.476 e. The van der Waals surface area contributed by atoms with Crippen LogP contribution in [0.1, 0.15) is 31.2 Å². The molecule has 0 saturated carbocycles. The molecule has 0 spiro atoms. The van der Waals surface area contributed by atoms with E-state index in [2.05, 4.69) is 19.9 Å². The van der Waals surface area contributed by atoms with Crippen LogP contribution in [-0.2, 0) is 6.42 Å². The van der Waals surface area contributed by atoms with Gasteiger partial charge in [0.2, 0.25) is 5.88 Å². The second-order valence-corrected chi connectivity index (χ2v) is 6.00. The molecular formula is C17H22FN5O. The molecule has 0 amide bonds. The van der Waals surface area contributed by atoms with E-state index in [0.717, 1.165) is 31.6 Å². The lowest BCUT2D eigenvalue weighted by atomic mass is 9.98. The van der Waals surface area contributed by atoms with E-state index in [0.29, 0.717) is 36.3 Å². The zero-order chi connectivity index (χ0) is 16.9. The maximum Gasteiger partial charge on any atom is 0.235 e. The van der Waals surface area contributed by atoms with Gasteiger partial charge in [-0.3, -0.25) is 4.98 Å². The van der Waals surface area contributed by atoms with E-state index in [1.807, 2.05) is 18.7 Å².